The van der Waals surface area contributed by atoms with E-state index >= 15 is 0 Å². The van der Waals surface area contributed by atoms with Crippen LogP contribution in [0, 0.1) is 0 Å². The van der Waals surface area contributed by atoms with Crippen molar-refractivity contribution in [3.05, 3.63) is 22.1 Å². The number of nitrogens with one attached hydrogen (secondary N) is 2. The lowest BCUT2D eigenvalue weighted by atomic mass is 10.2. The maximum Gasteiger partial charge on any atom is 0.281 e. The number of aromatic nitrogens is 2. The Morgan fingerprint density at radius 2 is 2.22 bits per heavy atom. The van der Waals surface area contributed by atoms with Gasteiger partial charge in [-0.15, -0.1) is 22.7 Å². The van der Waals surface area contributed by atoms with Gasteiger partial charge in [-0.2, -0.15) is 0 Å². The highest BCUT2D eigenvalue weighted by Gasteiger charge is 2.20. The van der Waals surface area contributed by atoms with Gasteiger partial charge in [0.1, 0.15) is 12.8 Å². The molecule has 2 amide bonds. The minimum atomic E-state index is -0.487. The third-order valence-corrected chi connectivity index (χ3v) is 4.63. The maximum absolute atomic E-state index is 12.4. The van der Waals surface area contributed by atoms with Crippen LogP contribution < -0.4 is 10.6 Å². The second-order valence-corrected chi connectivity index (χ2v) is 6.52. The zero-order valence-corrected chi connectivity index (χ0v) is 14.3. The van der Waals surface area contributed by atoms with Crippen molar-refractivity contribution in [3.8, 4) is 0 Å². The van der Waals surface area contributed by atoms with E-state index in [1.165, 1.54) is 29.8 Å². The Morgan fingerprint density at radius 3 is 2.83 bits per heavy atom. The van der Waals surface area contributed by atoms with Gasteiger partial charge in [-0.3, -0.25) is 14.9 Å². The average molecular weight is 353 g/mol. The van der Waals surface area contributed by atoms with Gasteiger partial charge in [0.05, 0.1) is 0 Å². The number of anilines is 2. The number of nitrogens with zero attached hydrogens (tertiary/aromatic N) is 3. The molecule has 2 rings (SSSR count). The topological polar surface area (TPSA) is 106 Å². The van der Waals surface area contributed by atoms with E-state index in [1.54, 1.807) is 11.6 Å². The molecule has 2 aromatic heterocycles. The zero-order chi connectivity index (χ0) is 16.8. The van der Waals surface area contributed by atoms with Gasteiger partial charge in [0, 0.05) is 16.5 Å². The minimum Gasteiger partial charge on any atom is -0.398 e. The number of hydrogen-bond acceptors (Lipinski definition) is 8. The van der Waals surface area contributed by atoms with Gasteiger partial charge in [0.15, 0.2) is 16.0 Å². The van der Waals surface area contributed by atoms with E-state index in [0.29, 0.717) is 28.3 Å². The fourth-order valence-electron chi connectivity index (χ4n) is 1.56. The van der Waals surface area contributed by atoms with Gasteiger partial charge in [-0.25, -0.2) is 9.97 Å². The second-order valence-electron chi connectivity index (χ2n) is 4.60. The Morgan fingerprint density at radius 1 is 1.43 bits per heavy atom. The largest absolute Gasteiger partial charge is 0.398 e. The Balaban J connectivity index is 2.17. The van der Waals surface area contributed by atoms with E-state index in [4.69, 9.17) is 4.84 Å². The Labute approximate surface area is 140 Å². The standard InChI is InChI=1S/C13H15N5O3S2/c1-7(2)9-4-14-13(23-9)17-11(20)10(18-21-3)8-5-22-12(16-8)15-6-19/h4-7H,1-3H3,(H,14,17,20)(H,15,16,19)/b18-10-. The van der Waals surface area contributed by atoms with Gasteiger partial charge in [0.25, 0.3) is 5.91 Å². The normalized spacial score (nSPS) is 11.4. The third-order valence-electron chi connectivity index (χ3n) is 2.64. The maximum atomic E-state index is 12.4. The van der Waals surface area contributed by atoms with E-state index in [9.17, 15) is 9.59 Å². The van der Waals surface area contributed by atoms with Crippen LogP contribution in [0.2, 0.25) is 0 Å². The van der Waals surface area contributed by atoms with E-state index in [-0.39, 0.29) is 5.71 Å². The van der Waals surface area contributed by atoms with Gasteiger partial charge in [0.2, 0.25) is 6.41 Å². The molecule has 0 radical (unpaired) electrons. The van der Waals surface area contributed by atoms with Crippen LogP contribution in [0.1, 0.15) is 30.3 Å². The van der Waals surface area contributed by atoms with Crippen LogP contribution in [0.15, 0.2) is 16.7 Å². The molecule has 0 aliphatic carbocycles. The predicted molar refractivity (Wildman–Crippen MR) is 90.2 cm³/mol. The lowest BCUT2D eigenvalue weighted by Crippen LogP contribution is -2.24. The van der Waals surface area contributed by atoms with Gasteiger partial charge in [-0.1, -0.05) is 19.0 Å². The molecule has 2 N–H and O–H groups in total. The molecular weight excluding hydrogens is 338 g/mol. The summed E-state index contributed by atoms with van der Waals surface area (Å²) in [6.45, 7) is 4.10. The van der Waals surface area contributed by atoms with Crippen LogP contribution >= 0.6 is 22.7 Å². The smallest absolute Gasteiger partial charge is 0.281 e. The molecule has 0 aliphatic rings. The highest BCUT2D eigenvalue weighted by Crippen LogP contribution is 2.25. The SMILES string of the molecule is CO/N=C(\C(=O)Nc1ncc(C(C)C)s1)c1csc(NC=O)n1. The first kappa shape index (κ1) is 17.0. The monoisotopic (exact) mass is 353 g/mol. The molecular formula is C13H15N5O3S2. The van der Waals surface area contributed by atoms with Crippen molar-refractivity contribution in [3.63, 3.8) is 0 Å². The molecule has 0 aromatic carbocycles. The summed E-state index contributed by atoms with van der Waals surface area (Å²) in [5.41, 5.74) is 0.309. The molecule has 0 saturated carbocycles. The molecule has 0 fully saturated rings. The first-order valence-corrected chi connectivity index (χ1v) is 8.29. The molecule has 0 bridgehead atoms. The van der Waals surface area contributed by atoms with Crippen LogP contribution in [0.25, 0.3) is 0 Å². The molecule has 0 atom stereocenters. The van der Waals surface area contributed by atoms with E-state index < -0.39 is 5.91 Å². The first-order chi connectivity index (χ1) is 11.0. The third kappa shape index (κ3) is 4.33. The molecule has 2 aromatic rings. The molecule has 0 saturated heterocycles. The van der Waals surface area contributed by atoms with Crippen molar-refractivity contribution < 1.29 is 14.4 Å². The predicted octanol–water partition coefficient (Wildman–Crippen LogP) is 2.28. The summed E-state index contributed by atoms with van der Waals surface area (Å²) >= 11 is 2.58. The van der Waals surface area contributed by atoms with E-state index in [2.05, 4.69) is 25.8 Å². The number of oxime groups is 1. The fourth-order valence-corrected chi connectivity index (χ4v) is 3.03. The van der Waals surface area contributed by atoms with Crippen LogP contribution in [0.4, 0.5) is 10.3 Å². The van der Waals surface area contributed by atoms with Crippen molar-refractivity contribution in [1.29, 1.82) is 0 Å². The lowest BCUT2D eigenvalue weighted by molar-refractivity contribution is -0.110. The quantitative estimate of drug-likeness (QED) is 0.451. The van der Waals surface area contributed by atoms with Crippen molar-refractivity contribution in [2.24, 2.45) is 5.16 Å². The second kappa shape index (κ2) is 7.79. The van der Waals surface area contributed by atoms with Gasteiger partial charge < -0.3 is 10.2 Å². The number of rotatable bonds is 7. The minimum absolute atomic E-state index is 0.00370. The van der Waals surface area contributed by atoms with Crippen molar-refractivity contribution >= 4 is 51.0 Å². The Hall–Kier alpha value is -2.33. The average Bonchev–Trinajstić information content (AvgIpc) is 3.14. The Kier molecular flexibility index (Phi) is 5.77. The zero-order valence-electron chi connectivity index (χ0n) is 12.7. The number of amides is 2. The Bertz CT molecular complexity index is 723. The number of hydrogen-bond donors (Lipinski definition) is 2. The summed E-state index contributed by atoms with van der Waals surface area (Å²) in [4.78, 5) is 36.8. The molecule has 23 heavy (non-hydrogen) atoms. The molecule has 0 unspecified atom stereocenters. The van der Waals surface area contributed by atoms with E-state index in [0.717, 1.165) is 4.88 Å². The molecule has 10 heteroatoms. The number of thiazole rings is 2. The number of carbonyl (C=O) groups excluding carboxylic acids is 2. The van der Waals surface area contributed by atoms with Crippen molar-refractivity contribution in [1.82, 2.24) is 9.97 Å². The van der Waals surface area contributed by atoms with Gasteiger partial charge >= 0.3 is 0 Å². The molecule has 2 heterocycles. The summed E-state index contributed by atoms with van der Waals surface area (Å²) in [5.74, 6) is -0.153. The molecule has 122 valence electrons. The summed E-state index contributed by atoms with van der Waals surface area (Å²) in [6, 6.07) is 0. The summed E-state index contributed by atoms with van der Waals surface area (Å²) in [6.07, 6.45) is 2.24. The lowest BCUT2D eigenvalue weighted by Gasteiger charge is -2.03. The van der Waals surface area contributed by atoms with Crippen LogP contribution in [0.5, 0.6) is 0 Å². The summed E-state index contributed by atoms with van der Waals surface area (Å²) < 4.78 is 0. The van der Waals surface area contributed by atoms with Gasteiger partial charge in [-0.05, 0) is 5.92 Å². The molecule has 0 spiro atoms. The molecule has 0 aliphatic heterocycles. The van der Waals surface area contributed by atoms with Crippen LogP contribution in [0.3, 0.4) is 0 Å². The summed E-state index contributed by atoms with van der Waals surface area (Å²) in [5, 5.41) is 11.2. The highest BCUT2D eigenvalue weighted by atomic mass is 32.1. The van der Waals surface area contributed by atoms with Crippen LogP contribution in [-0.2, 0) is 14.4 Å². The van der Waals surface area contributed by atoms with Crippen molar-refractivity contribution in [2.45, 2.75) is 19.8 Å². The fraction of sp³-hybridized carbons (Fsp3) is 0.308. The van der Waals surface area contributed by atoms with Crippen molar-refractivity contribution in [2.75, 3.05) is 17.7 Å². The molecule has 8 nitrogen and oxygen atoms in total. The summed E-state index contributed by atoms with van der Waals surface area (Å²) in [7, 11) is 1.34. The highest BCUT2D eigenvalue weighted by molar-refractivity contribution is 7.16. The van der Waals surface area contributed by atoms with Crippen LogP contribution in [-0.4, -0.2) is 35.1 Å². The first-order valence-electron chi connectivity index (χ1n) is 6.59. The number of carbonyl (C=O) groups is 2. The van der Waals surface area contributed by atoms with E-state index in [1.807, 2.05) is 13.8 Å².